The molecule has 1 rings (SSSR count). The summed E-state index contributed by atoms with van der Waals surface area (Å²) in [4.78, 5) is 22.5. The van der Waals surface area contributed by atoms with E-state index < -0.39 is 11.9 Å². The molecule has 0 heterocycles. The smallest absolute Gasteiger partial charge is 0.248 e. The molecule has 18 heavy (non-hydrogen) atoms. The summed E-state index contributed by atoms with van der Waals surface area (Å²) in [5.74, 6) is -0.802. The van der Waals surface area contributed by atoms with Gasteiger partial charge in [-0.15, -0.1) is 0 Å². The molecule has 1 unspecified atom stereocenters. The maximum atomic E-state index is 11.7. The Morgan fingerprint density at radius 1 is 1.33 bits per heavy atom. The average Bonchev–Trinajstić information content (AvgIpc) is 2.36. The van der Waals surface area contributed by atoms with Crippen LogP contribution in [-0.4, -0.2) is 31.6 Å². The SMILES string of the molecule is COCCC(N)C(=O)Nc1ccc(C(N)=O)cc1. The van der Waals surface area contributed by atoms with E-state index in [1.165, 1.54) is 0 Å². The Morgan fingerprint density at radius 2 is 1.94 bits per heavy atom. The van der Waals surface area contributed by atoms with E-state index in [0.717, 1.165) is 0 Å². The Hall–Kier alpha value is -1.92. The van der Waals surface area contributed by atoms with Crippen LogP contribution in [-0.2, 0) is 9.53 Å². The maximum Gasteiger partial charge on any atom is 0.248 e. The Balaban J connectivity index is 2.56. The molecule has 1 atom stereocenters. The summed E-state index contributed by atoms with van der Waals surface area (Å²) in [6.45, 7) is 0.426. The summed E-state index contributed by atoms with van der Waals surface area (Å²) < 4.78 is 4.84. The molecule has 0 bridgehead atoms. The third kappa shape index (κ3) is 4.15. The molecule has 0 saturated heterocycles. The number of nitrogens with two attached hydrogens (primary N) is 2. The van der Waals surface area contributed by atoms with Gasteiger partial charge in [-0.05, 0) is 30.7 Å². The quantitative estimate of drug-likeness (QED) is 0.665. The number of rotatable bonds is 6. The van der Waals surface area contributed by atoms with Crippen molar-refractivity contribution in [2.45, 2.75) is 12.5 Å². The molecule has 0 spiro atoms. The molecule has 0 fully saturated rings. The van der Waals surface area contributed by atoms with Crippen LogP contribution in [0, 0.1) is 0 Å². The Morgan fingerprint density at radius 3 is 2.44 bits per heavy atom. The number of hydrogen-bond acceptors (Lipinski definition) is 4. The number of nitrogens with one attached hydrogen (secondary N) is 1. The predicted octanol–water partition coefficient (Wildman–Crippen LogP) is 0.0878. The van der Waals surface area contributed by atoms with E-state index in [1.807, 2.05) is 0 Å². The number of anilines is 1. The van der Waals surface area contributed by atoms with Crippen LogP contribution in [0.15, 0.2) is 24.3 Å². The van der Waals surface area contributed by atoms with E-state index in [9.17, 15) is 9.59 Å². The van der Waals surface area contributed by atoms with Crippen molar-refractivity contribution in [3.63, 3.8) is 0 Å². The van der Waals surface area contributed by atoms with Crippen LogP contribution in [0.5, 0.6) is 0 Å². The van der Waals surface area contributed by atoms with Crippen LogP contribution in [0.2, 0.25) is 0 Å². The molecule has 0 aliphatic carbocycles. The molecule has 5 N–H and O–H groups in total. The van der Waals surface area contributed by atoms with Crippen LogP contribution in [0.3, 0.4) is 0 Å². The van der Waals surface area contributed by atoms with Crippen molar-refractivity contribution in [2.75, 3.05) is 19.0 Å². The summed E-state index contributed by atoms with van der Waals surface area (Å²) >= 11 is 0. The first kappa shape index (κ1) is 14.1. The molecule has 1 aromatic carbocycles. The van der Waals surface area contributed by atoms with E-state index in [-0.39, 0.29) is 5.91 Å². The number of primary amides is 1. The second-order valence-corrected chi connectivity index (χ2v) is 3.82. The lowest BCUT2D eigenvalue weighted by Gasteiger charge is -2.11. The topological polar surface area (TPSA) is 107 Å². The zero-order chi connectivity index (χ0) is 13.5. The second-order valence-electron chi connectivity index (χ2n) is 3.82. The van der Waals surface area contributed by atoms with Gasteiger partial charge in [0.2, 0.25) is 11.8 Å². The first-order valence-corrected chi connectivity index (χ1v) is 5.50. The zero-order valence-electron chi connectivity index (χ0n) is 10.2. The van der Waals surface area contributed by atoms with Crippen LogP contribution in [0.4, 0.5) is 5.69 Å². The van der Waals surface area contributed by atoms with Crippen molar-refractivity contribution in [1.82, 2.24) is 0 Å². The van der Waals surface area contributed by atoms with Gasteiger partial charge >= 0.3 is 0 Å². The fourth-order valence-corrected chi connectivity index (χ4v) is 1.33. The fourth-order valence-electron chi connectivity index (χ4n) is 1.33. The molecule has 0 aromatic heterocycles. The molecule has 0 saturated carbocycles. The monoisotopic (exact) mass is 251 g/mol. The van der Waals surface area contributed by atoms with E-state index in [4.69, 9.17) is 16.2 Å². The van der Waals surface area contributed by atoms with Gasteiger partial charge in [-0.25, -0.2) is 0 Å². The van der Waals surface area contributed by atoms with Crippen molar-refractivity contribution in [2.24, 2.45) is 11.5 Å². The lowest BCUT2D eigenvalue weighted by molar-refractivity contribution is -0.117. The number of amides is 2. The normalized spacial score (nSPS) is 11.9. The molecular formula is C12H17N3O3. The minimum absolute atomic E-state index is 0.293. The minimum atomic E-state index is -0.624. The summed E-state index contributed by atoms with van der Waals surface area (Å²) in [7, 11) is 1.55. The van der Waals surface area contributed by atoms with Crippen LogP contribution in [0.25, 0.3) is 0 Å². The molecular weight excluding hydrogens is 234 g/mol. The molecule has 6 nitrogen and oxygen atoms in total. The third-order valence-electron chi connectivity index (χ3n) is 2.41. The average molecular weight is 251 g/mol. The van der Waals surface area contributed by atoms with Gasteiger partial charge in [0, 0.05) is 25.0 Å². The van der Waals surface area contributed by atoms with E-state index in [0.29, 0.717) is 24.3 Å². The molecule has 1 aromatic rings. The largest absolute Gasteiger partial charge is 0.385 e. The number of hydrogen-bond donors (Lipinski definition) is 3. The highest BCUT2D eigenvalue weighted by molar-refractivity contribution is 5.96. The number of ether oxygens (including phenoxy) is 1. The van der Waals surface area contributed by atoms with Crippen LogP contribution >= 0.6 is 0 Å². The highest BCUT2D eigenvalue weighted by atomic mass is 16.5. The molecule has 0 aliphatic rings. The Bertz CT molecular complexity index is 417. The van der Waals surface area contributed by atoms with Gasteiger partial charge in [0.1, 0.15) is 0 Å². The van der Waals surface area contributed by atoms with E-state index >= 15 is 0 Å². The standard InChI is InChI=1S/C12H17N3O3/c1-18-7-6-10(13)12(17)15-9-4-2-8(3-5-9)11(14)16/h2-5,10H,6-7,13H2,1H3,(H2,14,16)(H,15,17). The number of methoxy groups -OCH3 is 1. The van der Waals surface area contributed by atoms with Crippen LogP contribution < -0.4 is 16.8 Å². The zero-order valence-corrected chi connectivity index (χ0v) is 10.2. The molecule has 2 amide bonds. The van der Waals surface area contributed by atoms with Crippen molar-refractivity contribution in [1.29, 1.82) is 0 Å². The summed E-state index contributed by atoms with van der Waals surface area (Å²) in [6, 6.07) is 5.65. The number of benzene rings is 1. The van der Waals surface area contributed by atoms with E-state index in [2.05, 4.69) is 5.32 Å². The van der Waals surface area contributed by atoms with Crippen molar-refractivity contribution < 1.29 is 14.3 Å². The van der Waals surface area contributed by atoms with Crippen molar-refractivity contribution in [3.8, 4) is 0 Å². The second kappa shape index (κ2) is 6.73. The molecule has 0 radical (unpaired) electrons. The Labute approximate surface area is 105 Å². The van der Waals surface area contributed by atoms with Gasteiger partial charge in [0.25, 0.3) is 0 Å². The number of carbonyl (C=O) groups is 2. The first-order valence-electron chi connectivity index (χ1n) is 5.50. The first-order chi connectivity index (χ1) is 8.54. The van der Waals surface area contributed by atoms with Crippen LogP contribution in [0.1, 0.15) is 16.8 Å². The minimum Gasteiger partial charge on any atom is -0.385 e. The van der Waals surface area contributed by atoms with Crippen molar-refractivity contribution >= 4 is 17.5 Å². The lowest BCUT2D eigenvalue weighted by Crippen LogP contribution is -2.36. The highest BCUT2D eigenvalue weighted by Gasteiger charge is 2.13. The summed E-state index contributed by atoms with van der Waals surface area (Å²) in [6.07, 6.45) is 0.446. The third-order valence-corrected chi connectivity index (χ3v) is 2.41. The lowest BCUT2D eigenvalue weighted by atomic mass is 10.2. The van der Waals surface area contributed by atoms with Gasteiger partial charge in [-0.2, -0.15) is 0 Å². The highest BCUT2D eigenvalue weighted by Crippen LogP contribution is 2.09. The molecule has 0 aliphatic heterocycles. The van der Waals surface area contributed by atoms with Crippen molar-refractivity contribution in [3.05, 3.63) is 29.8 Å². The van der Waals surface area contributed by atoms with Gasteiger partial charge in [0.15, 0.2) is 0 Å². The van der Waals surface area contributed by atoms with Gasteiger partial charge in [0.05, 0.1) is 6.04 Å². The van der Waals surface area contributed by atoms with E-state index in [1.54, 1.807) is 31.4 Å². The Kier molecular flexibility index (Phi) is 5.29. The number of carbonyl (C=O) groups excluding carboxylic acids is 2. The maximum absolute atomic E-state index is 11.7. The predicted molar refractivity (Wildman–Crippen MR) is 68.1 cm³/mol. The van der Waals surface area contributed by atoms with Gasteiger partial charge < -0.3 is 21.5 Å². The summed E-state index contributed by atoms with van der Waals surface area (Å²) in [5.41, 5.74) is 11.7. The van der Waals surface area contributed by atoms with Gasteiger partial charge in [-0.3, -0.25) is 9.59 Å². The summed E-state index contributed by atoms with van der Waals surface area (Å²) in [5, 5.41) is 2.65. The van der Waals surface area contributed by atoms with Gasteiger partial charge in [-0.1, -0.05) is 0 Å². The molecule has 6 heteroatoms. The fraction of sp³-hybridized carbons (Fsp3) is 0.333. The molecule has 98 valence electrons.